The van der Waals surface area contributed by atoms with Crippen LogP contribution in [-0.4, -0.2) is 25.6 Å². The lowest BCUT2D eigenvalue weighted by Gasteiger charge is -2.08. The number of anilines is 1. The Bertz CT molecular complexity index is 1050. The van der Waals surface area contributed by atoms with Crippen LogP contribution in [0.25, 0.3) is 12.2 Å². The molecule has 0 aromatic carbocycles. The van der Waals surface area contributed by atoms with Crippen LogP contribution in [0.2, 0.25) is 0 Å². The Morgan fingerprint density at radius 1 is 1.19 bits per heavy atom. The highest BCUT2D eigenvalue weighted by atomic mass is 32.1. The van der Waals surface area contributed by atoms with Crippen LogP contribution in [0, 0.1) is 0 Å². The lowest BCUT2D eigenvalue weighted by atomic mass is 10.2. The summed E-state index contributed by atoms with van der Waals surface area (Å²) in [6.07, 6.45) is 10.5. The molecule has 0 fully saturated rings. The Kier molecular flexibility index (Phi) is 4.88. The molecular formula is C19H15N5O2S. The van der Waals surface area contributed by atoms with Crippen LogP contribution in [-0.2, 0) is 6.54 Å². The number of nitrogens with zero attached hydrogens (tertiary/aromatic N) is 4. The quantitative estimate of drug-likeness (QED) is 0.552. The molecule has 1 amide bonds. The molecule has 0 saturated carbocycles. The third-order valence-corrected chi connectivity index (χ3v) is 4.57. The maximum atomic E-state index is 12.6. The third kappa shape index (κ3) is 4.18. The molecule has 0 atom stereocenters. The first-order chi connectivity index (χ1) is 13.3. The van der Waals surface area contributed by atoms with Crippen LogP contribution in [0.4, 0.5) is 5.13 Å². The van der Waals surface area contributed by atoms with Crippen molar-refractivity contribution in [3.63, 3.8) is 0 Å². The molecule has 0 bridgehead atoms. The molecule has 8 heteroatoms. The van der Waals surface area contributed by atoms with E-state index >= 15 is 0 Å². The Hall–Kier alpha value is -3.52. The van der Waals surface area contributed by atoms with Gasteiger partial charge >= 0.3 is 0 Å². The van der Waals surface area contributed by atoms with Crippen LogP contribution >= 0.6 is 11.3 Å². The van der Waals surface area contributed by atoms with Gasteiger partial charge in [-0.25, -0.2) is 4.98 Å². The molecule has 1 N–H and O–H groups in total. The molecule has 0 aliphatic heterocycles. The van der Waals surface area contributed by atoms with E-state index in [2.05, 4.69) is 20.4 Å². The summed E-state index contributed by atoms with van der Waals surface area (Å²) in [6.45, 7) is 0.599. The fourth-order valence-electron chi connectivity index (χ4n) is 2.50. The summed E-state index contributed by atoms with van der Waals surface area (Å²) in [4.78, 5) is 21.0. The van der Waals surface area contributed by atoms with E-state index in [1.807, 2.05) is 40.4 Å². The summed E-state index contributed by atoms with van der Waals surface area (Å²) >= 11 is 1.37. The van der Waals surface area contributed by atoms with Crippen LogP contribution in [0.5, 0.6) is 0 Å². The van der Waals surface area contributed by atoms with Crippen molar-refractivity contribution in [3.05, 3.63) is 83.2 Å². The number of nitrogens with one attached hydrogen (secondary N) is 1. The number of thiazole rings is 1. The third-order valence-electron chi connectivity index (χ3n) is 3.79. The number of aromatic nitrogens is 4. The van der Waals surface area contributed by atoms with E-state index in [0.29, 0.717) is 23.1 Å². The fraction of sp³-hybridized carbons (Fsp3) is 0.0526. The molecular weight excluding hydrogens is 362 g/mol. The number of rotatable bonds is 6. The normalized spacial score (nSPS) is 11.1. The van der Waals surface area contributed by atoms with Crippen molar-refractivity contribution in [2.45, 2.75) is 6.54 Å². The number of amides is 1. The molecule has 4 aromatic heterocycles. The molecule has 134 valence electrons. The smallest absolute Gasteiger partial charge is 0.274 e. The fourth-order valence-corrected chi connectivity index (χ4v) is 3.18. The summed E-state index contributed by atoms with van der Waals surface area (Å²) in [7, 11) is 0. The van der Waals surface area contributed by atoms with Crippen LogP contribution in [0.3, 0.4) is 0 Å². The van der Waals surface area contributed by atoms with Crippen LogP contribution < -0.4 is 5.32 Å². The summed E-state index contributed by atoms with van der Waals surface area (Å²) in [6, 6.07) is 9.24. The second kappa shape index (κ2) is 7.79. The first kappa shape index (κ1) is 16.9. The molecule has 4 aromatic rings. The predicted molar refractivity (Wildman–Crippen MR) is 103 cm³/mol. The average molecular weight is 377 g/mol. The van der Waals surface area contributed by atoms with Gasteiger partial charge < -0.3 is 9.09 Å². The minimum Gasteiger partial charge on any atom is -0.364 e. The number of hydrogen-bond donors (Lipinski definition) is 1. The highest BCUT2D eigenvalue weighted by molar-refractivity contribution is 7.14. The lowest BCUT2D eigenvalue weighted by molar-refractivity contribution is 0.101. The maximum Gasteiger partial charge on any atom is 0.274 e. The summed E-state index contributed by atoms with van der Waals surface area (Å²) in [5.74, 6) is -0.199. The second-order valence-electron chi connectivity index (χ2n) is 5.67. The number of carbonyl (C=O) groups excluding carboxylic acids is 1. The van der Waals surface area contributed by atoms with E-state index in [1.165, 1.54) is 17.6 Å². The first-order valence-electron chi connectivity index (χ1n) is 8.17. The van der Waals surface area contributed by atoms with E-state index < -0.39 is 0 Å². The zero-order chi connectivity index (χ0) is 18.5. The van der Waals surface area contributed by atoms with E-state index in [-0.39, 0.29) is 5.91 Å². The topological polar surface area (TPSA) is 85.8 Å². The summed E-state index contributed by atoms with van der Waals surface area (Å²) in [5, 5.41) is 9.05. The first-order valence-corrected chi connectivity index (χ1v) is 9.05. The Morgan fingerprint density at radius 2 is 2.04 bits per heavy atom. The minimum absolute atomic E-state index is 0.199. The standard InChI is InChI=1S/C19H15N5O2S/c25-18(17-2-1-10-24(17)12-14-5-8-20-9-6-14)22-19-21-16(13-27-19)4-3-15-7-11-26-23-15/h1-11,13H,12H2,(H,21,22,25). The molecule has 0 aliphatic rings. The molecule has 4 rings (SSSR count). The number of hydrogen-bond acceptors (Lipinski definition) is 6. The van der Waals surface area contributed by atoms with E-state index in [4.69, 9.17) is 4.52 Å². The van der Waals surface area contributed by atoms with Gasteiger partial charge in [0.05, 0.1) is 5.69 Å². The Balaban J connectivity index is 1.43. The predicted octanol–water partition coefficient (Wildman–Crippen LogP) is 3.80. The van der Waals surface area contributed by atoms with Gasteiger partial charge in [0, 0.05) is 36.6 Å². The zero-order valence-electron chi connectivity index (χ0n) is 14.1. The van der Waals surface area contributed by atoms with E-state index in [0.717, 1.165) is 11.3 Å². The molecule has 0 saturated heterocycles. The molecule has 4 heterocycles. The van der Waals surface area contributed by atoms with Crippen LogP contribution in [0.15, 0.2) is 65.1 Å². The van der Waals surface area contributed by atoms with Crippen molar-refractivity contribution >= 4 is 34.5 Å². The van der Waals surface area contributed by atoms with E-state index in [1.54, 1.807) is 30.6 Å². The lowest BCUT2D eigenvalue weighted by Crippen LogP contribution is -2.17. The summed E-state index contributed by atoms with van der Waals surface area (Å²) < 4.78 is 6.67. The van der Waals surface area contributed by atoms with Gasteiger partial charge in [-0.05, 0) is 42.0 Å². The molecule has 7 nitrogen and oxygen atoms in total. The SMILES string of the molecule is O=C(Nc1nc(C=Cc2ccon2)cs1)c1cccn1Cc1ccncc1. The zero-order valence-corrected chi connectivity index (χ0v) is 15.0. The molecule has 27 heavy (non-hydrogen) atoms. The Labute approximate surface area is 159 Å². The van der Waals surface area contributed by atoms with Gasteiger partial charge in [0.2, 0.25) is 0 Å². The van der Waals surface area contributed by atoms with Crippen LogP contribution in [0.1, 0.15) is 27.4 Å². The monoisotopic (exact) mass is 377 g/mol. The van der Waals surface area contributed by atoms with Crippen molar-refractivity contribution in [1.82, 2.24) is 19.7 Å². The second-order valence-corrected chi connectivity index (χ2v) is 6.52. The number of carbonyl (C=O) groups is 1. The van der Waals surface area contributed by atoms with Gasteiger partial charge in [-0.2, -0.15) is 0 Å². The Morgan fingerprint density at radius 3 is 2.85 bits per heavy atom. The maximum absolute atomic E-state index is 12.6. The molecule has 0 unspecified atom stereocenters. The van der Waals surface area contributed by atoms with Crippen molar-refractivity contribution < 1.29 is 9.32 Å². The van der Waals surface area contributed by atoms with Gasteiger partial charge in [0.25, 0.3) is 5.91 Å². The van der Waals surface area contributed by atoms with Crippen molar-refractivity contribution in [2.24, 2.45) is 0 Å². The highest BCUT2D eigenvalue weighted by Crippen LogP contribution is 2.18. The molecule has 0 aliphatic carbocycles. The van der Waals surface area contributed by atoms with Gasteiger partial charge in [0.1, 0.15) is 17.7 Å². The highest BCUT2D eigenvalue weighted by Gasteiger charge is 2.13. The van der Waals surface area contributed by atoms with Crippen molar-refractivity contribution in [2.75, 3.05) is 5.32 Å². The average Bonchev–Trinajstić information content (AvgIpc) is 3.43. The molecule has 0 spiro atoms. The van der Waals surface area contributed by atoms with Gasteiger partial charge in [0.15, 0.2) is 5.13 Å². The van der Waals surface area contributed by atoms with E-state index in [9.17, 15) is 4.79 Å². The summed E-state index contributed by atoms with van der Waals surface area (Å²) in [5.41, 5.74) is 3.10. The van der Waals surface area contributed by atoms with Crippen molar-refractivity contribution in [1.29, 1.82) is 0 Å². The number of pyridine rings is 1. The molecule has 0 radical (unpaired) electrons. The largest absolute Gasteiger partial charge is 0.364 e. The van der Waals surface area contributed by atoms with Gasteiger partial charge in [-0.1, -0.05) is 5.16 Å². The minimum atomic E-state index is -0.199. The van der Waals surface area contributed by atoms with Gasteiger partial charge in [-0.15, -0.1) is 11.3 Å². The van der Waals surface area contributed by atoms with Crippen molar-refractivity contribution in [3.8, 4) is 0 Å². The van der Waals surface area contributed by atoms with Gasteiger partial charge in [-0.3, -0.25) is 15.1 Å².